The molecule has 4 rings (SSSR count). The highest BCUT2D eigenvalue weighted by atomic mass is 16.4. The van der Waals surface area contributed by atoms with Crippen LogP contribution < -0.4 is 0 Å². The lowest BCUT2D eigenvalue weighted by Crippen LogP contribution is -2.29. The molecule has 178 valence electrons. The summed E-state index contributed by atoms with van der Waals surface area (Å²) in [4.78, 5) is 42.9. The first-order valence-corrected chi connectivity index (χ1v) is 11.2. The molecule has 7 heteroatoms. The van der Waals surface area contributed by atoms with Crippen LogP contribution in [0.4, 0.5) is 0 Å². The topological polar surface area (TPSA) is 108 Å². The number of carboxylic acids is 1. The summed E-state index contributed by atoms with van der Waals surface area (Å²) in [6, 6.07) is 16.2. The number of amides is 1. The minimum absolute atomic E-state index is 0.00636. The maximum atomic E-state index is 13.2. The summed E-state index contributed by atoms with van der Waals surface area (Å²) in [6.45, 7) is 6.36. The van der Waals surface area contributed by atoms with Gasteiger partial charge in [0, 0.05) is 24.5 Å². The molecule has 1 saturated heterocycles. The number of aromatic nitrogens is 1. The zero-order chi connectivity index (χ0) is 25.3. The van der Waals surface area contributed by atoms with Gasteiger partial charge in [0.25, 0.3) is 11.7 Å². The first-order valence-electron chi connectivity index (χ1n) is 11.2. The molecule has 7 nitrogen and oxygen atoms in total. The summed E-state index contributed by atoms with van der Waals surface area (Å²) in [6.07, 6.45) is 3.00. The number of pyridine rings is 1. The fourth-order valence-electron chi connectivity index (χ4n) is 4.17. The number of ketones is 1. The van der Waals surface area contributed by atoms with E-state index in [0.29, 0.717) is 16.7 Å². The molecule has 2 heterocycles. The Balaban J connectivity index is 1.82. The van der Waals surface area contributed by atoms with Crippen LogP contribution in [0.25, 0.3) is 5.76 Å². The fraction of sp³-hybridized carbons (Fsp3) is 0.214. The van der Waals surface area contributed by atoms with Gasteiger partial charge in [0.1, 0.15) is 5.76 Å². The summed E-state index contributed by atoms with van der Waals surface area (Å²) in [5, 5.41) is 20.3. The number of hydrogen-bond acceptors (Lipinski definition) is 5. The predicted octanol–water partition coefficient (Wildman–Crippen LogP) is 4.70. The average Bonchev–Trinajstić information content (AvgIpc) is 3.09. The monoisotopic (exact) mass is 470 g/mol. The van der Waals surface area contributed by atoms with Crippen molar-refractivity contribution in [2.75, 3.05) is 0 Å². The molecule has 1 aliphatic rings. The van der Waals surface area contributed by atoms with Gasteiger partial charge in [-0.2, -0.15) is 0 Å². The van der Waals surface area contributed by atoms with Crippen molar-refractivity contribution in [2.24, 2.45) is 0 Å². The van der Waals surface area contributed by atoms with Crippen molar-refractivity contribution in [3.8, 4) is 0 Å². The van der Waals surface area contributed by atoms with Crippen LogP contribution >= 0.6 is 0 Å². The molecule has 1 amide bonds. The number of rotatable bonds is 5. The van der Waals surface area contributed by atoms with Crippen LogP contribution in [0.3, 0.4) is 0 Å². The van der Waals surface area contributed by atoms with Gasteiger partial charge in [-0.1, -0.05) is 57.2 Å². The van der Waals surface area contributed by atoms with E-state index in [1.54, 1.807) is 24.3 Å². The molecule has 1 aliphatic heterocycles. The Labute approximate surface area is 203 Å². The SMILES string of the molecule is CC(C)(C)c1ccc(C2/C(=C(\O)c3ccncc3)C(=O)C(=O)N2Cc2ccc(C(=O)O)cc2)cc1. The van der Waals surface area contributed by atoms with Crippen LogP contribution in [0.2, 0.25) is 0 Å². The largest absolute Gasteiger partial charge is 0.507 e. The number of carbonyl (C=O) groups excluding carboxylic acids is 2. The Morgan fingerprint density at radius 2 is 1.49 bits per heavy atom. The van der Waals surface area contributed by atoms with Crippen molar-refractivity contribution in [1.82, 2.24) is 9.88 Å². The van der Waals surface area contributed by atoms with Gasteiger partial charge in [-0.15, -0.1) is 0 Å². The van der Waals surface area contributed by atoms with E-state index in [9.17, 15) is 19.5 Å². The number of aliphatic hydroxyl groups excluding tert-OH is 1. The normalized spacial score (nSPS) is 17.6. The minimum Gasteiger partial charge on any atom is -0.507 e. The zero-order valence-corrected chi connectivity index (χ0v) is 19.7. The summed E-state index contributed by atoms with van der Waals surface area (Å²) in [5.74, 6) is -2.81. The molecule has 2 aromatic carbocycles. The minimum atomic E-state index is -1.05. The Morgan fingerprint density at radius 1 is 0.886 bits per heavy atom. The number of likely N-dealkylation sites (tertiary alicyclic amines) is 1. The number of aromatic carboxylic acids is 1. The van der Waals surface area contributed by atoms with E-state index in [1.165, 1.54) is 29.4 Å². The molecule has 1 fully saturated rings. The number of nitrogens with zero attached hydrogens (tertiary/aromatic N) is 2. The third kappa shape index (κ3) is 4.71. The number of hydrogen-bond donors (Lipinski definition) is 2. The summed E-state index contributed by atoms with van der Waals surface area (Å²) in [7, 11) is 0. The maximum Gasteiger partial charge on any atom is 0.335 e. The highest BCUT2D eigenvalue weighted by molar-refractivity contribution is 6.46. The van der Waals surface area contributed by atoms with Crippen LogP contribution in [0.5, 0.6) is 0 Å². The Hall–Kier alpha value is -4.26. The third-order valence-electron chi connectivity index (χ3n) is 6.14. The van der Waals surface area contributed by atoms with Gasteiger partial charge in [-0.25, -0.2) is 4.79 Å². The zero-order valence-electron chi connectivity index (χ0n) is 19.7. The molecule has 1 aromatic heterocycles. The highest BCUT2D eigenvalue weighted by Crippen LogP contribution is 2.40. The Morgan fingerprint density at radius 3 is 2.03 bits per heavy atom. The second kappa shape index (κ2) is 9.18. The lowest BCUT2D eigenvalue weighted by Gasteiger charge is -2.26. The molecule has 3 aromatic rings. The number of benzene rings is 2. The molecule has 0 bridgehead atoms. The van der Waals surface area contributed by atoms with Gasteiger partial charge < -0.3 is 15.1 Å². The van der Waals surface area contributed by atoms with Crippen molar-refractivity contribution in [1.29, 1.82) is 0 Å². The van der Waals surface area contributed by atoms with Gasteiger partial charge in [-0.05, 0) is 46.4 Å². The molecule has 0 spiro atoms. The number of Topliss-reactive ketones (excluding diaryl/α,β-unsaturated/α-hetero) is 1. The Kier molecular flexibility index (Phi) is 6.26. The van der Waals surface area contributed by atoms with Gasteiger partial charge >= 0.3 is 5.97 Å². The summed E-state index contributed by atoms with van der Waals surface area (Å²) < 4.78 is 0. The molecular formula is C28H26N2O5. The van der Waals surface area contributed by atoms with Crippen molar-refractivity contribution >= 4 is 23.4 Å². The van der Waals surface area contributed by atoms with Crippen molar-refractivity contribution < 1.29 is 24.6 Å². The molecule has 0 aliphatic carbocycles. The summed E-state index contributed by atoms with van der Waals surface area (Å²) >= 11 is 0. The molecule has 0 saturated carbocycles. The smallest absolute Gasteiger partial charge is 0.335 e. The molecule has 1 unspecified atom stereocenters. The van der Waals surface area contributed by atoms with Crippen molar-refractivity contribution in [2.45, 2.75) is 38.8 Å². The fourth-order valence-corrected chi connectivity index (χ4v) is 4.17. The molecule has 2 N–H and O–H groups in total. The van der Waals surface area contributed by atoms with E-state index in [2.05, 4.69) is 25.8 Å². The molecular weight excluding hydrogens is 444 g/mol. The third-order valence-corrected chi connectivity index (χ3v) is 6.14. The number of aliphatic hydroxyl groups is 1. The average molecular weight is 471 g/mol. The molecule has 35 heavy (non-hydrogen) atoms. The van der Waals surface area contributed by atoms with Gasteiger partial charge in [0.15, 0.2) is 0 Å². The van der Waals surface area contributed by atoms with Crippen LogP contribution in [0.1, 0.15) is 59.4 Å². The van der Waals surface area contributed by atoms with E-state index >= 15 is 0 Å². The van der Waals surface area contributed by atoms with Crippen molar-refractivity contribution in [3.05, 3.63) is 106 Å². The molecule has 0 radical (unpaired) electrons. The second-order valence-electron chi connectivity index (χ2n) is 9.54. The van der Waals surface area contributed by atoms with E-state index in [4.69, 9.17) is 5.11 Å². The first-order chi connectivity index (χ1) is 16.6. The first kappa shape index (κ1) is 23.9. The maximum absolute atomic E-state index is 13.2. The quantitative estimate of drug-likeness (QED) is 0.318. The Bertz CT molecular complexity index is 1300. The van der Waals surface area contributed by atoms with Crippen LogP contribution in [-0.4, -0.2) is 37.8 Å². The van der Waals surface area contributed by atoms with Crippen molar-refractivity contribution in [3.63, 3.8) is 0 Å². The van der Waals surface area contributed by atoms with E-state index in [1.807, 2.05) is 24.3 Å². The standard InChI is InChI=1S/C28H26N2O5/c1-28(2,3)21-10-8-18(9-11-21)23-22(24(31)19-12-14-29-15-13-19)25(32)26(33)30(23)16-17-4-6-20(7-5-17)27(34)35/h4-15,23,31H,16H2,1-3H3,(H,34,35)/b24-22+. The second-order valence-corrected chi connectivity index (χ2v) is 9.54. The molecule has 1 atom stereocenters. The number of carbonyl (C=O) groups is 3. The lowest BCUT2D eigenvalue weighted by molar-refractivity contribution is -0.140. The van der Waals surface area contributed by atoms with Gasteiger partial charge in [-0.3, -0.25) is 14.6 Å². The van der Waals surface area contributed by atoms with Crippen LogP contribution in [0.15, 0.2) is 78.6 Å². The van der Waals surface area contributed by atoms with E-state index in [0.717, 1.165) is 5.56 Å². The number of carboxylic acid groups (broad SMARTS) is 1. The van der Waals surface area contributed by atoms with E-state index in [-0.39, 0.29) is 28.9 Å². The van der Waals surface area contributed by atoms with Gasteiger partial charge in [0.2, 0.25) is 0 Å². The van der Waals surface area contributed by atoms with Gasteiger partial charge in [0.05, 0.1) is 17.2 Å². The van der Waals surface area contributed by atoms with Crippen LogP contribution in [-0.2, 0) is 21.5 Å². The predicted molar refractivity (Wildman–Crippen MR) is 131 cm³/mol. The van der Waals surface area contributed by atoms with E-state index < -0.39 is 23.7 Å². The highest BCUT2D eigenvalue weighted by Gasteiger charge is 2.46. The lowest BCUT2D eigenvalue weighted by atomic mass is 9.85. The summed E-state index contributed by atoms with van der Waals surface area (Å²) in [5.41, 5.74) is 2.89. The van der Waals surface area contributed by atoms with Crippen LogP contribution in [0, 0.1) is 0 Å².